The second-order valence-electron chi connectivity index (χ2n) is 8.04. The van der Waals surface area contributed by atoms with E-state index in [4.69, 9.17) is 0 Å². The molecule has 2 N–H and O–H groups in total. The van der Waals surface area contributed by atoms with Crippen molar-refractivity contribution in [2.75, 3.05) is 6.54 Å². The van der Waals surface area contributed by atoms with Crippen molar-refractivity contribution < 1.29 is 13.2 Å². The fraction of sp³-hybridized carbons (Fsp3) is 0.524. The molecule has 2 aromatic rings. The summed E-state index contributed by atoms with van der Waals surface area (Å²) in [6.07, 6.45) is 8.09. The lowest BCUT2D eigenvalue weighted by atomic mass is 10.1. The first-order valence-corrected chi connectivity index (χ1v) is 12.5. The standard InChI is InChI=1S/C21H27N3O3S2/c1-14-13-22-20(28-14)8-9-23-29(26,27)19-7-6-16-10-18(11-17(16)12-19)24-21(25)15-4-2-3-5-15/h6-7,12-13,15,18,23H,2-5,8-11H2,1H3,(H,24,25)/t18-/m0/s1. The number of hydrogen-bond donors (Lipinski definition) is 2. The van der Waals surface area contributed by atoms with Crippen LogP contribution in [0.1, 0.15) is 46.7 Å². The number of benzene rings is 1. The molecule has 29 heavy (non-hydrogen) atoms. The van der Waals surface area contributed by atoms with Gasteiger partial charge in [-0.1, -0.05) is 18.9 Å². The van der Waals surface area contributed by atoms with Crippen molar-refractivity contribution in [2.24, 2.45) is 5.92 Å². The van der Waals surface area contributed by atoms with E-state index in [-0.39, 0.29) is 22.8 Å². The van der Waals surface area contributed by atoms with Crippen LogP contribution in [0.15, 0.2) is 29.3 Å². The first-order valence-electron chi connectivity index (χ1n) is 10.2. The summed E-state index contributed by atoms with van der Waals surface area (Å²) in [7, 11) is -3.56. The summed E-state index contributed by atoms with van der Waals surface area (Å²) in [6.45, 7) is 2.31. The highest BCUT2D eigenvalue weighted by molar-refractivity contribution is 7.89. The van der Waals surface area contributed by atoms with Crippen molar-refractivity contribution in [1.29, 1.82) is 0 Å². The zero-order valence-corrected chi connectivity index (χ0v) is 18.2. The molecular formula is C21H27N3O3S2. The van der Waals surface area contributed by atoms with Gasteiger partial charge in [-0.3, -0.25) is 4.79 Å². The predicted octanol–water partition coefficient (Wildman–Crippen LogP) is 2.75. The number of aryl methyl sites for hydroxylation is 1. The summed E-state index contributed by atoms with van der Waals surface area (Å²) >= 11 is 1.58. The number of nitrogens with zero attached hydrogens (tertiary/aromatic N) is 1. The summed E-state index contributed by atoms with van der Waals surface area (Å²) < 4.78 is 28.0. The lowest BCUT2D eigenvalue weighted by Crippen LogP contribution is -2.38. The fourth-order valence-corrected chi connectivity index (χ4v) is 6.13. The number of amides is 1. The summed E-state index contributed by atoms with van der Waals surface area (Å²) in [5.74, 6) is 0.313. The number of hydrogen-bond acceptors (Lipinski definition) is 5. The molecule has 1 saturated carbocycles. The van der Waals surface area contributed by atoms with Crippen LogP contribution in [-0.4, -0.2) is 31.9 Å². The molecule has 0 unspecified atom stereocenters. The molecule has 8 heteroatoms. The minimum Gasteiger partial charge on any atom is -0.352 e. The molecule has 1 fully saturated rings. The van der Waals surface area contributed by atoms with E-state index < -0.39 is 10.0 Å². The van der Waals surface area contributed by atoms with Gasteiger partial charge in [0.1, 0.15) is 0 Å². The van der Waals surface area contributed by atoms with Gasteiger partial charge in [0.2, 0.25) is 15.9 Å². The second kappa shape index (κ2) is 8.53. The van der Waals surface area contributed by atoms with Crippen LogP contribution < -0.4 is 10.0 Å². The van der Waals surface area contributed by atoms with Crippen molar-refractivity contribution >= 4 is 27.3 Å². The van der Waals surface area contributed by atoms with Crippen LogP contribution in [0.25, 0.3) is 0 Å². The lowest BCUT2D eigenvalue weighted by molar-refractivity contribution is -0.125. The number of fused-ring (bicyclic) bond motifs is 1. The Bertz CT molecular complexity index is 994. The van der Waals surface area contributed by atoms with E-state index in [1.807, 2.05) is 13.0 Å². The Morgan fingerprint density at radius 2 is 1.97 bits per heavy atom. The molecule has 0 spiro atoms. The molecule has 2 aliphatic carbocycles. The van der Waals surface area contributed by atoms with Crippen molar-refractivity contribution in [1.82, 2.24) is 15.0 Å². The minimum atomic E-state index is -3.56. The molecule has 2 aliphatic rings. The maximum absolute atomic E-state index is 12.7. The summed E-state index contributed by atoms with van der Waals surface area (Å²) in [5.41, 5.74) is 2.14. The molecule has 1 aromatic heterocycles. The molecule has 0 aliphatic heterocycles. The molecule has 1 atom stereocenters. The van der Waals surface area contributed by atoms with Gasteiger partial charge >= 0.3 is 0 Å². The van der Waals surface area contributed by atoms with Crippen LogP contribution >= 0.6 is 11.3 Å². The molecule has 0 radical (unpaired) electrons. The predicted molar refractivity (Wildman–Crippen MR) is 113 cm³/mol. The van der Waals surface area contributed by atoms with E-state index in [0.29, 0.717) is 19.4 Å². The van der Waals surface area contributed by atoms with Crippen LogP contribution in [0.5, 0.6) is 0 Å². The van der Waals surface area contributed by atoms with E-state index in [1.54, 1.807) is 29.7 Å². The van der Waals surface area contributed by atoms with Crippen LogP contribution in [0.2, 0.25) is 0 Å². The van der Waals surface area contributed by atoms with Gasteiger partial charge in [0.15, 0.2) is 0 Å². The Morgan fingerprint density at radius 3 is 2.69 bits per heavy atom. The molecule has 1 heterocycles. The highest BCUT2D eigenvalue weighted by Crippen LogP contribution is 2.28. The topological polar surface area (TPSA) is 88.2 Å². The molecular weight excluding hydrogens is 406 g/mol. The number of sulfonamides is 1. The van der Waals surface area contributed by atoms with Crippen molar-refractivity contribution in [3.05, 3.63) is 45.4 Å². The number of rotatable bonds is 7. The van der Waals surface area contributed by atoms with E-state index in [9.17, 15) is 13.2 Å². The second-order valence-corrected chi connectivity index (χ2v) is 11.1. The number of carbonyl (C=O) groups excluding carboxylic acids is 1. The number of thiazole rings is 1. The molecule has 0 bridgehead atoms. The number of nitrogens with one attached hydrogen (secondary N) is 2. The summed E-state index contributed by atoms with van der Waals surface area (Å²) in [4.78, 5) is 18.1. The maximum atomic E-state index is 12.7. The van der Waals surface area contributed by atoms with Gasteiger partial charge in [0.25, 0.3) is 0 Å². The van der Waals surface area contributed by atoms with E-state index >= 15 is 0 Å². The van der Waals surface area contributed by atoms with Gasteiger partial charge in [-0.2, -0.15) is 0 Å². The summed E-state index contributed by atoms with van der Waals surface area (Å²) in [6, 6.07) is 5.37. The third-order valence-electron chi connectivity index (χ3n) is 5.79. The van der Waals surface area contributed by atoms with E-state index in [1.165, 1.54) is 0 Å². The normalized spacial score (nSPS) is 19.4. The Morgan fingerprint density at radius 1 is 1.21 bits per heavy atom. The fourth-order valence-electron chi connectivity index (χ4n) is 4.26. The quantitative estimate of drug-likeness (QED) is 0.703. The Labute approximate surface area is 176 Å². The smallest absolute Gasteiger partial charge is 0.240 e. The van der Waals surface area contributed by atoms with Crippen LogP contribution in [0.3, 0.4) is 0 Å². The number of carbonyl (C=O) groups is 1. The molecule has 4 rings (SSSR count). The SMILES string of the molecule is Cc1cnc(CCNS(=O)(=O)c2ccc3c(c2)C[C@@H](NC(=O)C2CCCC2)C3)s1. The Hall–Kier alpha value is -1.77. The Kier molecular flexibility index (Phi) is 6.03. The van der Waals surface area contributed by atoms with E-state index in [2.05, 4.69) is 15.0 Å². The monoisotopic (exact) mass is 433 g/mol. The molecule has 1 amide bonds. The van der Waals surface area contributed by atoms with Crippen molar-refractivity contribution in [3.63, 3.8) is 0 Å². The van der Waals surface area contributed by atoms with Gasteiger partial charge in [0, 0.05) is 36.0 Å². The first kappa shape index (κ1) is 20.5. The third kappa shape index (κ3) is 4.87. The van der Waals surface area contributed by atoms with Gasteiger partial charge in [0.05, 0.1) is 9.90 Å². The average Bonchev–Trinajstić information content (AvgIpc) is 3.41. The summed E-state index contributed by atoms with van der Waals surface area (Å²) in [5, 5.41) is 4.10. The van der Waals surface area contributed by atoms with Crippen LogP contribution in [0, 0.1) is 12.8 Å². The first-order chi connectivity index (χ1) is 13.9. The third-order valence-corrected chi connectivity index (χ3v) is 8.22. The molecule has 156 valence electrons. The highest BCUT2D eigenvalue weighted by Gasteiger charge is 2.29. The minimum absolute atomic E-state index is 0.0668. The zero-order chi connectivity index (χ0) is 20.4. The van der Waals surface area contributed by atoms with Crippen LogP contribution in [-0.2, 0) is 34.1 Å². The van der Waals surface area contributed by atoms with Crippen LogP contribution in [0.4, 0.5) is 0 Å². The molecule has 0 saturated heterocycles. The average molecular weight is 434 g/mol. The Balaban J connectivity index is 1.35. The highest BCUT2D eigenvalue weighted by atomic mass is 32.2. The van der Waals surface area contributed by atoms with Gasteiger partial charge < -0.3 is 5.32 Å². The largest absolute Gasteiger partial charge is 0.352 e. The van der Waals surface area contributed by atoms with Gasteiger partial charge in [-0.25, -0.2) is 18.1 Å². The number of aromatic nitrogens is 1. The van der Waals surface area contributed by atoms with Crippen molar-refractivity contribution in [2.45, 2.75) is 62.8 Å². The zero-order valence-electron chi connectivity index (χ0n) is 16.6. The van der Waals surface area contributed by atoms with E-state index in [0.717, 1.165) is 53.1 Å². The van der Waals surface area contributed by atoms with Gasteiger partial charge in [-0.15, -0.1) is 11.3 Å². The molecule has 6 nitrogen and oxygen atoms in total. The molecule has 1 aromatic carbocycles. The maximum Gasteiger partial charge on any atom is 0.240 e. The van der Waals surface area contributed by atoms with Gasteiger partial charge in [-0.05, 0) is 55.9 Å². The van der Waals surface area contributed by atoms with Crippen molar-refractivity contribution in [3.8, 4) is 0 Å². The lowest BCUT2D eigenvalue weighted by Gasteiger charge is -2.15.